The topological polar surface area (TPSA) is 29.5 Å². The van der Waals surface area contributed by atoms with Crippen molar-refractivity contribution in [2.45, 2.75) is 6.92 Å². The summed E-state index contributed by atoms with van der Waals surface area (Å²) in [5.74, 6) is 1.91. The van der Waals surface area contributed by atoms with Crippen LogP contribution in [-0.4, -0.2) is 5.11 Å². The number of aryl methyl sites for hydroxylation is 1. The highest BCUT2D eigenvalue weighted by Crippen LogP contribution is 2.36. The summed E-state index contributed by atoms with van der Waals surface area (Å²) in [5.41, 5.74) is 1.22. The van der Waals surface area contributed by atoms with Gasteiger partial charge in [-0.1, -0.05) is 0 Å². The maximum Gasteiger partial charge on any atom is 0.154 e. The van der Waals surface area contributed by atoms with E-state index in [1.54, 1.807) is 0 Å². The Morgan fingerprint density at radius 1 is 0.842 bits per heavy atom. The molecular formula is C13H8I4O2. The van der Waals surface area contributed by atoms with Crippen LogP contribution < -0.4 is 4.74 Å². The van der Waals surface area contributed by atoms with Gasteiger partial charge >= 0.3 is 0 Å². The molecule has 1 N–H and O–H groups in total. The second-order valence-electron chi connectivity index (χ2n) is 3.90. The quantitative estimate of drug-likeness (QED) is 0.395. The molecule has 0 fully saturated rings. The molecular weight excluding hydrogens is 696 g/mol. The fourth-order valence-electron chi connectivity index (χ4n) is 1.50. The lowest BCUT2D eigenvalue weighted by Crippen LogP contribution is -1.93. The van der Waals surface area contributed by atoms with E-state index >= 15 is 0 Å². The van der Waals surface area contributed by atoms with Gasteiger partial charge < -0.3 is 9.84 Å². The van der Waals surface area contributed by atoms with Crippen LogP contribution in [0.2, 0.25) is 0 Å². The molecule has 100 valence electrons. The molecule has 0 heterocycles. The van der Waals surface area contributed by atoms with Crippen LogP contribution in [0.4, 0.5) is 0 Å². The van der Waals surface area contributed by atoms with Gasteiger partial charge in [-0.3, -0.25) is 0 Å². The largest absolute Gasteiger partial charge is 0.506 e. The number of phenolic OH excluding ortho intramolecular Hbond substituents is 1. The average Bonchev–Trinajstić information content (AvgIpc) is 2.30. The lowest BCUT2D eigenvalue weighted by molar-refractivity contribution is 0.455. The first-order valence-electron chi connectivity index (χ1n) is 5.20. The third-order valence-electron chi connectivity index (χ3n) is 2.35. The normalized spacial score (nSPS) is 10.6. The van der Waals surface area contributed by atoms with E-state index in [0.29, 0.717) is 5.75 Å². The number of ether oxygens (including phenoxy) is 1. The number of phenols is 1. The predicted octanol–water partition coefficient (Wildman–Crippen LogP) is 5.91. The maximum absolute atomic E-state index is 9.77. The number of hydrogen-bond donors (Lipinski definition) is 1. The lowest BCUT2D eigenvalue weighted by atomic mass is 10.2. The molecule has 0 radical (unpaired) electrons. The molecule has 0 bridgehead atoms. The summed E-state index contributed by atoms with van der Waals surface area (Å²) in [6.45, 7) is 2.07. The van der Waals surface area contributed by atoms with E-state index in [4.69, 9.17) is 4.74 Å². The molecule has 0 saturated heterocycles. The third kappa shape index (κ3) is 3.99. The van der Waals surface area contributed by atoms with Gasteiger partial charge in [-0.15, -0.1) is 0 Å². The Kier molecular flexibility index (Phi) is 5.86. The molecule has 2 rings (SSSR count). The van der Waals surface area contributed by atoms with Crippen LogP contribution in [0.3, 0.4) is 0 Å². The van der Waals surface area contributed by atoms with Crippen LogP contribution in [0.1, 0.15) is 5.56 Å². The smallest absolute Gasteiger partial charge is 0.154 e. The van der Waals surface area contributed by atoms with Crippen molar-refractivity contribution in [3.05, 3.63) is 44.1 Å². The highest BCUT2D eigenvalue weighted by Gasteiger charge is 2.12. The van der Waals surface area contributed by atoms with E-state index < -0.39 is 0 Å². The molecule has 0 atom stereocenters. The minimum atomic E-state index is 0.307. The molecule has 0 spiro atoms. The van der Waals surface area contributed by atoms with Crippen LogP contribution in [-0.2, 0) is 0 Å². The van der Waals surface area contributed by atoms with Crippen LogP contribution in [0.5, 0.6) is 17.2 Å². The summed E-state index contributed by atoms with van der Waals surface area (Å²) in [7, 11) is 0. The lowest BCUT2D eigenvalue weighted by Gasteiger charge is -2.12. The highest BCUT2D eigenvalue weighted by atomic mass is 127. The Labute approximate surface area is 166 Å². The minimum Gasteiger partial charge on any atom is -0.506 e. The molecule has 19 heavy (non-hydrogen) atoms. The Bertz CT molecular complexity index is 595. The first kappa shape index (κ1) is 16.3. The van der Waals surface area contributed by atoms with Gasteiger partial charge in [-0.05, 0) is 127 Å². The summed E-state index contributed by atoms with van der Waals surface area (Å²) >= 11 is 8.76. The fraction of sp³-hybridized carbons (Fsp3) is 0.0769. The number of benzene rings is 2. The van der Waals surface area contributed by atoms with E-state index in [9.17, 15) is 5.11 Å². The van der Waals surface area contributed by atoms with E-state index in [1.165, 1.54) is 5.56 Å². The summed E-state index contributed by atoms with van der Waals surface area (Å²) in [6.07, 6.45) is 0. The van der Waals surface area contributed by atoms with Gasteiger partial charge in [0.1, 0.15) is 11.5 Å². The van der Waals surface area contributed by atoms with Gasteiger partial charge in [-0.2, -0.15) is 0 Å². The van der Waals surface area contributed by atoms with Crippen molar-refractivity contribution in [2.24, 2.45) is 0 Å². The van der Waals surface area contributed by atoms with Crippen molar-refractivity contribution in [3.63, 3.8) is 0 Å². The Balaban J connectivity index is 2.42. The zero-order valence-electron chi connectivity index (χ0n) is 9.68. The molecule has 0 unspecified atom stereocenters. The van der Waals surface area contributed by atoms with Crippen molar-refractivity contribution in [2.75, 3.05) is 0 Å². The second-order valence-corrected chi connectivity index (χ2v) is 8.54. The molecule has 0 aromatic heterocycles. The summed E-state index contributed by atoms with van der Waals surface area (Å²) < 4.78 is 9.72. The van der Waals surface area contributed by atoms with Crippen molar-refractivity contribution in [1.82, 2.24) is 0 Å². The molecule has 0 saturated carbocycles. The fourth-order valence-corrected chi connectivity index (χ4v) is 5.51. The Hall–Kier alpha value is 0.960. The molecule has 6 heteroatoms. The van der Waals surface area contributed by atoms with Crippen LogP contribution in [0.15, 0.2) is 24.3 Å². The zero-order valence-corrected chi connectivity index (χ0v) is 18.3. The number of halogens is 4. The highest BCUT2D eigenvalue weighted by molar-refractivity contribution is 14.1. The van der Waals surface area contributed by atoms with Gasteiger partial charge in [-0.25, -0.2) is 0 Å². The molecule has 2 aromatic carbocycles. The minimum absolute atomic E-state index is 0.307. The molecule has 0 amide bonds. The standard InChI is InChI=1S/C13H8I4O2/c1-6-2-10(16)13(11(17)3-6)19-7-4-8(14)12(18)9(15)5-7/h2-5,18H,1H3. The van der Waals surface area contributed by atoms with Crippen molar-refractivity contribution in [1.29, 1.82) is 0 Å². The number of rotatable bonds is 2. The van der Waals surface area contributed by atoms with E-state index in [2.05, 4.69) is 109 Å². The zero-order chi connectivity index (χ0) is 14.2. The van der Waals surface area contributed by atoms with E-state index in [1.807, 2.05) is 12.1 Å². The predicted molar refractivity (Wildman–Crippen MR) is 110 cm³/mol. The van der Waals surface area contributed by atoms with Crippen LogP contribution >= 0.6 is 90.4 Å². The third-order valence-corrected chi connectivity index (χ3v) is 5.60. The Morgan fingerprint density at radius 3 is 1.79 bits per heavy atom. The molecule has 0 aliphatic carbocycles. The van der Waals surface area contributed by atoms with Gasteiger partial charge in [0.05, 0.1) is 14.3 Å². The molecule has 0 aliphatic rings. The van der Waals surface area contributed by atoms with E-state index in [0.717, 1.165) is 25.8 Å². The van der Waals surface area contributed by atoms with Crippen molar-refractivity contribution < 1.29 is 9.84 Å². The number of hydrogen-bond acceptors (Lipinski definition) is 2. The molecule has 0 aliphatic heterocycles. The van der Waals surface area contributed by atoms with Gasteiger partial charge in [0, 0.05) is 0 Å². The molecule has 2 aromatic rings. The average molecular weight is 704 g/mol. The van der Waals surface area contributed by atoms with Gasteiger partial charge in [0.2, 0.25) is 0 Å². The maximum atomic E-state index is 9.77. The Morgan fingerprint density at radius 2 is 1.32 bits per heavy atom. The summed E-state index contributed by atoms with van der Waals surface area (Å²) in [4.78, 5) is 0. The summed E-state index contributed by atoms with van der Waals surface area (Å²) in [6, 6.07) is 7.86. The van der Waals surface area contributed by atoms with Crippen molar-refractivity contribution >= 4 is 90.4 Å². The van der Waals surface area contributed by atoms with Crippen molar-refractivity contribution in [3.8, 4) is 17.2 Å². The number of aromatic hydroxyl groups is 1. The van der Waals surface area contributed by atoms with Crippen LogP contribution in [0.25, 0.3) is 0 Å². The summed E-state index contributed by atoms with van der Waals surface area (Å²) in [5, 5.41) is 9.77. The molecule has 2 nitrogen and oxygen atoms in total. The van der Waals surface area contributed by atoms with Gasteiger partial charge in [0.25, 0.3) is 0 Å². The van der Waals surface area contributed by atoms with Crippen LogP contribution in [0, 0.1) is 21.2 Å². The SMILES string of the molecule is Cc1cc(I)c(Oc2cc(I)c(O)c(I)c2)c(I)c1. The van der Waals surface area contributed by atoms with Gasteiger partial charge in [0.15, 0.2) is 5.75 Å². The second kappa shape index (κ2) is 6.81. The first-order valence-corrected chi connectivity index (χ1v) is 9.51. The monoisotopic (exact) mass is 704 g/mol. The van der Waals surface area contributed by atoms with E-state index in [-0.39, 0.29) is 0 Å². The first-order chi connectivity index (χ1) is 8.88.